The molecule has 130 valence electrons. The summed E-state index contributed by atoms with van der Waals surface area (Å²) < 4.78 is 13.3. The van der Waals surface area contributed by atoms with E-state index >= 15 is 0 Å². The van der Waals surface area contributed by atoms with Crippen molar-refractivity contribution in [1.29, 1.82) is 5.26 Å². The number of hydrogen-bond acceptors (Lipinski definition) is 3. The van der Waals surface area contributed by atoms with Crippen LogP contribution in [0.1, 0.15) is 18.4 Å². The minimum Gasteiger partial charge on any atom is -0.361 e. The molecule has 3 rings (SSSR count). The van der Waals surface area contributed by atoms with Crippen molar-refractivity contribution in [2.45, 2.75) is 12.8 Å². The number of fused-ring (bicyclic) bond motifs is 1. The molecule has 1 aromatic heterocycles. The minimum absolute atomic E-state index is 0.227. The van der Waals surface area contributed by atoms with Crippen LogP contribution in [0, 0.1) is 17.1 Å². The van der Waals surface area contributed by atoms with Gasteiger partial charge in [0.1, 0.15) is 5.82 Å². The van der Waals surface area contributed by atoms with E-state index in [1.807, 2.05) is 6.07 Å². The van der Waals surface area contributed by atoms with Gasteiger partial charge in [-0.15, -0.1) is 0 Å². The molecule has 2 aromatic carbocycles. The van der Waals surface area contributed by atoms with Gasteiger partial charge in [-0.2, -0.15) is 5.26 Å². The minimum atomic E-state index is -1.07. The van der Waals surface area contributed by atoms with Gasteiger partial charge in [0.15, 0.2) is 5.92 Å². The van der Waals surface area contributed by atoms with E-state index in [0.29, 0.717) is 27.8 Å². The van der Waals surface area contributed by atoms with Crippen molar-refractivity contribution in [1.82, 2.24) is 4.98 Å². The van der Waals surface area contributed by atoms with Gasteiger partial charge in [0, 0.05) is 41.0 Å². The number of benzene rings is 2. The molecule has 2 amide bonds. The van der Waals surface area contributed by atoms with Crippen molar-refractivity contribution in [2.75, 3.05) is 10.6 Å². The molecule has 7 heteroatoms. The van der Waals surface area contributed by atoms with Gasteiger partial charge < -0.3 is 15.6 Å². The molecular formula is C19H15FN4O2. The first-order valence-electron chi connectivity index (χ1n) is 7.82. The SMILES string of the molecule is CC(=O)Nc1cccc(NC(=O)C(C#N)c2c[nH]c3cc(F)ccc23)c1. The topological polar surface area (TPSA) is 97.8 Å². The highest BCUT2D eigenvalue weighted by molar-refractivity contribution is 6.01. The highest BCUT2D eigenvalue weighted by atomic mass is 19.1. The summed E-state index contributed by atoms with van der Waals surface area (Å²) in [5, 5.41) is 15.4. The maximum absolute atomic E-state index is 13.3. The van der Waals surface area contributed by atoms with Gasteiger partial charge in [-0.05, 0) is 36.4 Å². The highest BCUT2D eigenvalue weighted by Gasteiger charge is 2.23. The molecule has 6 nitrogen and oxygen atoms in total. The van der Waals surface area contributed by atoms with Gasteiger partial charge in [0.2, 0.25) is 11.8 Å². The van der Waals surface area contributed by atoms with E-state index < -0.39 is 17.6 Å². The standard InChI is InChI=1S/C19H15FN4O2/c1-11(25)23-13-3-2-4-14(8-13)24-19(26)16(9-21)17-10-22-18-7-12(20)5-6-15(17)18/h2-8,10,16,22H,1H3,(H,23,25)(H,24,26). The fourth-order valence-electron chi connectivity index (χ4n) is 2.72. The molecule has 0 aliphatic carbocycles. The lowest BCUT2D eigenvalue weighted by molar-refractivity contribution is -0.116. The molecule has 1 unspecified atom stereocenters. The number of anilines is 2. The zero-order valence-electron chi connectivity index (χ0n) is 13.8. The van der Waals surface area contributed by atoms with Gasteiger partial charge >= 0.3 is 0 Å². The van der Waals surface area contributed by atoms with Crippen LogP contribution in [0.25, 0.3) is 10.9 Å². The Balaban J connectivity index is 1.85. The number of rotatable bonds is 4. The average Bonchev–Trinajstić information content (AvgIpc) is 2.98. The molecular weight excluding hydrogens is 335 g/mol. The van der Waals surface area contributed by atoms with Crippen molar-refractivity contribution < 1.29 is 14.0 Å². The molecule has 0 bridgehead atoms. The molecule has 0 saturated carbocycles. The second kappa shape index (κ2) is 7.07. The average molecular weight is 350 g/mol. The van der Waals surface area contributed by atoms with Gasteiger partial charge in [-0.3, -0.25) is 9.59 Å². The normalized spacial score (nSPS) is 11.6. The molecule has 26 heavy (non-hydrogen) atoms. The Bertz CT molecular complexity index is 1040. The molecule has 0 spiro atoms. The van der Waals surface area contributed by atoms with Crippen LogP contribution in [-0.4, -0.2) is 16.8 Å². The molecule has 1 heterocycles. The van der Waals surface area contributed by atoms with Crippen LogP contribution in [0.3, 0.4) is 0 Å². The molecule has 0 aliphatic heterocycles. The Morgan fingerprint density at radius 3 is 2.58 bits per heavy atom. The number of carbonyl (C=O) groups is 2. The van der Waals surface area contributed by atoms with Crippen LogP contribution in [0.4, 0.5) is 15.8 Å². The monoisotopic (exact) mass is 350 g/mol. The second-order valence-corrected chi connectivity index (χ2v) is 5.75. The number of nitrogens with one attached hydrogen (secondary N) is 3. The van der Waals surface area contributed by atoms with Crippen LogP contribution < -0.4 is 10.6 Å². The lowest BCUT2D eigenvalue weighted by Gasteiger charge is -2.11. The molecule has 0 radical (unpaired) electrons. The maximum atomic E-state index is 13.3. The third-order valence-corrected chi connectivity index (χ3v) is 3.83. The highest BCUT2D eigenvalue weighted by Crippen LogP contribution is 2.27. The first kappa shape index (κ1) is 17.2. The van der Waals surface area contributed by atoms with E-state index in [-0.39, 0.29) is 5.91 Å². The fraction of sp³-hybridized carbons (Fsp3) is 0.105. The Hall–Kier alpha value is -3.66. The van der Waals surface area contributed by atoms with Crippen molar-refractivity contribution >= 4 is 34.1 Å². The zero-order valence-corrected chi connectivity index (χ0v) is 13.8. The van der Waals surface area contributed by atoms with Crippen molar-refractivity contribution in [3.05, 3.63) is 60.0 Å². The summed E-state index contributed by atoms with van der Waals surface area (Å²) in [5.74, 6) is -2.22. The van der Waals surface area contributed by atoms with Gasteiger partial charge in [0.25, 0.3) is 0 Å². The van der Waals surface area contributed by atoms with E-state index in [9.17, 15) is 19.2 Å². The Morgan fingerprint density at radius 1 is 1.15 bits per heavy atom. The smallest absolute Gasteiger partial charge is 0.246 e. The Kier molecular flexibility index (Phi) is 4.67. The molecule has 0 fully saturated rings. The van der Waals surface area contributed by atoms with E-state index in [4.69, 9.17) is 0 Å². The lowest BCUT2D eigenvalue weighted by atomic mass is 9.99. The summed E-state index contributed by atoms with van der Waals surface area (Å²) in [7, 11) is 0. The van der Waals surface area contributed by atoms with Crippen LogP contribution in [-0.2, 0) is 9.59 Å². The van der Waals surface area contributed by atoms with Crippen LogP contribution >= 0.6 is 0 Å². The third kappa shape index (κ3) is 3.54. The van der Waals surface area contributed by atoms with Crippen molar-refractivity contribution in [3.63, 3.8) is 0 Å². The van der Waals surface area contributed by atoms with Crippen LogP contribution in [0.5, 0.6) is 0 Å². The van der Waals surface area contributed by atoms with E-state index in [0.717, 1.165) is 0 Å². The van der Waals surface area contributed by atoms with Gasteiger partial charge in [-0.1, -0.05) is 6.07 Å². The van der Waals surface area contributed by atoms with Crippen molar-refractivity contribution in [3.8, 4) is 6.07 Å². The molecule has 0 aliphatic rings. The van der Waals surface area contributed by atoms with E-state index in [1.54, 1.807) is 24.3 Å². The van der Waals surface area contributed by atoms with E-state index in [1.165, 1.54) is 31.3 Å². The lowest BCUT2D eigenvalue weighted by Crippen LogP contribution is -2.20. The fourth-order valence-corrected chi connectivity index (χ4v) is 2.72. The van der Waals surface area contributed by atoms with Crippen LogP contribution in [0.15, 0.2) is 48.7 Å². The second-order valence-electron chi connectivity index (χ2n) is 5.75. The maximum Gasteiger partial charge on any atom is 0.246 e. The first-order valence-corrected chi connectivity index (χ1v) is 7.82. The van der Waals surface area contributed by atoms with Gasteiger partial charge in [-0.25, -0.2) is 4.39 Å². The number of carbonyl (C=O) groups excluding carboxylic acids is 2. The van der Waals surface area contributed by atoms with Gasteiger partial charge in [0.05, 0.1) is 6.07 Å². The third-order valence-electron chi connectivity index (χ3n) is 3.83. The summed E-state index contributed by atoms with van der Waals surface area (Å²) in [6.45, 7) is 1.39. The van der Waals surface area contributed by atoms with Crippen molar-refractivity contribution in [2.24, 2.45) is 0 Å². The Morgan fingerprint density at radius 2 is 1.88 bits per heavy atom. The number of hydrogen-bond donors (Lipinski definition) is 3. The zero-order chi connectivity index (χ0) is 18.7. The summed E-state index contributed by atoms with van der Waals surface area (Å²) in [6.07, 6.45) is 1.53. The molecule has 3 N–H and O–H groups in total. The largest absolute Gasteiger partial charge is 0.361 e. The summed E-state index contributed by atoms with van der Waals surface area (Å²) in [6, 6.07) is 12.7. The molecule has 1 atom stereocenters. The summed E-state index contributed by atoms with van der Waals surface area (Å²) in [5.41, 5.74) is 1.97. The first-order chi connectivity index (χ1) is 12.5. The number of H-pyrrole nitrogens is 1. The Labute approximate surface area is 148 Å². The molecule has 0 saturated heterocycles. The molecule has 3 aromatic rings. The number of nitriles is 1. The van der Waals surface area contributed by atoms with Crippen LogP contribution in [0.2, 0.25) is 0 Å². The number of aromatic amines is 1. The predicted molar refractivity (Wildman–Crippen MR) is 96.0 cm³/mol. The summed E-state index contributed by atoms with van der Waals surface area (Å²) in [4.78, 5) is 26.6. The van der Waals surface area contributed by atoms with E-state index in [2.05, 4.69) is 15.6 Å². The number of nitrogens with zero attached hydrogens (tertiary/aromatic N) is 1. The summed E-state index contributed by atoms with van der Waals surface area (Å²) >= 11 is 0. The number of aromatic nitrogens is 1. The quantitative estimate of drug-likeness (QED) is 0.671. The predicted octanol–water partition coefficient (Wildman–Crippen LogP) is 3.51. The number of amides is 2. The number of halogens is 1.